The van der Waals surface area contributed by atoms with E-state index in [9.17, 15) is 5.11 Å². The average Bonchev–Trinajstić information content (AvgIpc) is 2.66. The van der Waals surface area contributed by atoms with Crippen molar-refractivity contribution in [2.75, 3.05) is 0 Å². The summed E-state index contributed by atoms with van der Waals surface area (Å²) in [6.07, 6.45) is 3.46. The van der Waals surface area contributed by atoms with Crippen LogP contribution in [0.15, 0.2) is 0 Å². The Bertz CT molecular complexity index is 143. The van der Waals surface area contributed by atoms with E-state index < -0.39 is 0 Å². The minimum Gasteiger partial charge on any atom is -0.393 e. The molecule has 0 heterocycles. The topological polar surface area (TPSA) is 20.2 Å². The van der Waals surface area contributed by atoms with Gasteiger partial charge >= 0.3 is 0 Å². The molecule has 1 rings (SSSR count). The lowest BCUT2D eigenvalue weighted by Crippen LogP contribution is -2.33. The third-order valence-electron chi connectivity index (χ3n) is 3.82. The Labute approximate surface area is 69.8 Å². The second-order valence-corrected chi connectivity index (χ2v) is 4.57. The zero-order valence-corrected chi connectivity index (χ0v) is 8.15. The molecular weight excluding hydrogens is 136 g/mol. The first-order valence-electron chi connectivity index (χ1n) is 4.64. The van der Waals surface area contributed by atoms with Crippen molar-refractivity contribution in [3.05, 3.63) is 0 Å². The van der Waals surface area contributed by atoms with E-state index in [2.05, 4.69) is 20.8 Å². The third-order valence-corrected chi connectivity index (χ3v) is 3.82. The number of hydrogen-bond donors (Lipinski definition) is 1. The highest BCUT2D eigenvalue weighted by molar-refractivity contribution is 5.05. The van der Waals surface area contributed by atoms with Crippen LogP contribution >= 0.6 is 0 Å². The maximum atomic E-state index is 9.61. The third kappa shape index (κ3) is 1.20. The highest BCUT2D eigenvalue weighted by Crippen LogP contribution is 2.61. The molecule has 0 aromatic rings. The molecule has 0 aliphatic heterocycles. The Hall–Kier alpha value is -0.0400. The normalized spacial score (nSPS) is 24.8. The molecule has 0 bridgehead atoms. The Morgan fingerprint density at radius 2 is 1.91 bits per heavy atom. The van der Waals surface area contributed by atoms with E-state index in [-0.39, 0.29) is 11.5 Å². The number of aliphatic hydroxyl groups is 1. The summed E-state index contributed by atoms with van der Waals surface area (Å²) < 4.78 is 0. The lowest BCUT2D eigenvalue weighted by atomic mass is 9.71. The van der Waals surface area contributed by atoms with Crippen LogP contribution < -0.4 is 0 Å². The summed E-state index contributed by atoms with van der Waals surface area (Å²) in [6.45, 7) is 8.69. The van der Waals surface area contributed by atoms with Crippen molar-refractivity contribution < 1.29 is 5.11 Å². The maximum Gasteiger partial charge on any atom is 0.0573 e. The van der Waals surface area contributed by atoms with E-state index in [0.717, 1.165) is 6.42 Å². The highest BCUT2D eigenvalue weighted by atomic mass is 16.3. The van der Waals surface area contributed by atoms with Crippen LogP contribution in [-0.4, -0.2) is 11.2 Å². The van der Waals surface area contributed by atoms with Crippen molar-refractivity contribution in [3.8, 4) is 0 Å². The van der Waals surface area contributed by atoms with Gasteiger partial charge in [0.15, 0.2) is 0 Å². The van der Waals surface area contributed by atoms with Gasteiger partial charge in [0.05, 0.1) is 6.10 Å². The average molecular weight is 156 g/mol. The van der Waals surface area contributed by atoms with Crippen LogP contribution in [0.4, 0.5) is 0 Å². The summed E-state index contributed by atoms with van der Waals surface area (Å²) in [7, 11) is 0. The molecule has 0 aromatic carbocycles. The first-order chi connectivity index (χ1) is 4.96. The minimum absolute atomic E-state index is 0.127. The molecular formula is C10H20O. The molecule has 1 nitrogen and oxygen atoms in total. The van der Waals surface area contributed by atoms with Crippen LogP contribution in [0.5, 0.6) is 0 Å². The molecule has 1 aliphatic rings. The Kier molecular flexibility index (Phi) is 2.04. The van der Waals surface area contributed by atoms with Crippen LogP contribution in [0.1, 0.15) is 47.0 Å². The van der Waals surface area contributed by atoms with Crippen molar-refractivity contribution in [1.29, 1.82) is 0 Å². The summed E-state index contributed by atoms with van der Waals surface area (Å²) >= 11 is 0. The largest absolute Gasteiger partial charge is 0.393 e. The summed E-state index contributed by atoms with van der Waals surface area (Å²) in [5.41, 5.74) is 0.572. The molecule has 66 valence electrons. The zero-order valence-electron chi connectivity index (χ0n) is 8.15. The molecule has 1 fully saturated rings. The first kappa shape index (κ1) is 9.05. The lowest BCUT2D eigenvalue weighted by Gasteiger charge is -2.36. The summed E-state index contributed by atoms with van der Waals surface area (Å²) in [5.74, 6) is 0. The van der Waals surface area contributed by atoms with Gasteiger partial charge in [-0.2, -0.15) is 0 Å². The Morgan fingerprint density at radius 1 is 1.45 bits per heavy atom. The Morgan fingerprint density at radius 3 is 2.00 bits per heavy atom. The predicted octanol–water partition coefficient (Wildman–Crippen LogP) is 2.58. The van der Waals surface area contributed by atoms with Gasteiger partial charge in [-0.25, -0.2) is 0 Å². The number of aliphatic hydroxyl groups excluding tert-OH is 1. The van der Waals surface area contributed by atoms with Gasteiger partial charge in [0, 0.05) is 5.41 Å². The van der Waals surface area contributed by atoms with Crippen LogP contribution in [0.3, 0.4) is 0 Å². The van der Waals surface area contributed by atoms with Gasteiger partial charge < -0.3 is 5.11 Å². The Balaban J connectivity index is 2.72. The van der Waals surface area contributed by atoms with Gasteiger partial charge in [-0.15, -0.1) is 0 Å². The van der Waals surface area contributed by atoms with Gasteiger partial charge in [0.2, 0.25) is 0 Å². The lowest BCUT2D eigenvalue weighted by molar-refractivity contribution is 0.0237. The van der Waals surface area contributed by atoms with E-state index in [1.54, 1.807) is 0 Å². The highest BCUT2D eigenvalue weighted by Gasteiger charge is 2.56. The molecule has 1 N–H and O–H groups in total. The van der Waals surface area contributed by atoms with E-state index in [1.807, 2.05) is 6.92 Å². The molecule has 0 radical (unpaired) electrons. The van der Waals surface area contributed by atoms with E-state index >= 15 is 0 Å². The summed E-state index contributed by atoms with van der Waals surface area (Å²) in [6, 6.07) is 0. The quantitative estimate of drug-likeness (QED) is 0.666. The molecule has 1 aliphatic carbocycles. The fourth-order valence-corrected chi connectivity index (χ4v) is 2.15. The first-order valence-corrected chi connectivity index (χ1v) is 4.64. The fraction of sp³-hybridized carbons (Fsp3) is 1.00. The minimum atomic E-state index is -0.127. The summed E-state index contributed by atoms with van der Waals surface area (Å²) in [4.78, 5) is 0. The number of hydrogen-bond acceptors (Lipinski definition) is 1. The van der Waals surface area contributed by atoms with Crippen LogP contribution in [0.25, 0.3) is 0 Å². The van der Waals surface area contributed by atoms with Crippen molar-refractivity contribution in [2.24, 2.45) is 10.8 Å². The second-order valence-electron chi connectivity index (χ2n) is 4.57. The monoisotopic (exact) mass is 156 g/mol. The number of rotatable bonds is 3. The molecule has 1 heteroatoms. The van der Waals surface area contributed by atoms with Gasteiger partial charge in [-0.1, -0.05) is 27.2 Å². The molecule has 0 amide bonds. The van der Waals surface area contributed by atoms with Crippen molar-refractivity contribution >= 4 is 0 Å². The van der Waals surface area contributed by atoms with Crippen LogP contribution in [-0.2, 0) is 0 Å². The van der Waals surface area contributed by atoms with Crippen LogP contribution in [0.2, 0.25) is 0 Å². The van der Waals surface area contributed by atoms with Crippen LogP contribution in [0, 0.1) is 10.8 Å². The van der Waals surface area contributed by atoms with Gasteiger partial charge in [0.1, 0.15) is 0 Å². The molecule has 0 aromatic heterocycles. The van der Waals surface area contributed by atoms with Crippen molar-refractivity contribution in [1.82, 2.24) is 0 Å². The van der Waals surface area contributed by atoms with E-state index in [4.69, 9.17) is 0 Å². The zero-order chi connectivity index (χ0) is 8.70. The van der Waals surface area contributed by atoms with Gasteiger partial charge in [0.25, 0.3) is 0 Å². The predicted molar refractivity (Wildman–Crippen MR) is 47.4 cm³/mol. The molecule has 1 atom stereocenters. The smallest absolute Gasteiger partial charge is 0.0573 e. The fourth-order valence-electron chi connectivity index (χ4n) is 2.15. The van der Waals surface area contributed by atoms with Gasteiger partial charge in [-0.05, 0) is 25.2 Å². The van der Waals surface area contributed by atoms with E-state index in [1.165, 1.54) is 12.8 Å². The molecule has 1 saturated carbocycles. The second kappa shape index (κ2) is 2.48. The molecule has 0 saturated heterocycles. The van der Waals surface area contributed by atoms with E-state index in [0.29, 0.717) is 5.41 Å². The maximum absolute atomic E-state index is 9.61. The standard InChI is InChI=1S/C10H20O/c1-5-9(3,4)10(6-7-10)8(2)11/h8,11H,5-7H2,1-4H3. The SMILES string of the molecule is CCC(C)(C)C1(C(C)O)CC1. The summed E-state index contributed by atoms with van der Waals surface area (Å²) in [5, 5.41) is 9.61. The van der Waals surface area contributed by atoms with Gasteiger partial charge in [-0.3, -0.25) is 0 Å². The molecule has 0 spiro atoms. The van der Waals surface area contributed by atoms with Crippen molar-refractivity contribution in [3.63, 3.8) is 0 Å². The van der Waals surface area contributed by atoms with Crippen molar-refractivity contribution in [2.45, 2.75) is 53.1 Å². The molecule has 11 heavy (non-hydrogen) atoms. The molecule has 1 unspecified atom stereocenters.